The first-order valence-electron chi connectivity index (χ1n) is 9.88. The summed E-state index contributed by atoms with van der Waals surface area (Å²) in [6.45, 7) is 3.32. The molecule has 10 heteroatoms. The number of hydrogen-bond acceptors (Lipinski definition) is 6. The predicted molar refractivity (Wildman–Crippen MR) is 108 cm³/mol. The van der Waals surface area contributed by atoms with Crippen LogP contribution in [0, 0.1) is 0 Å². The van der Waals surface area contributed by atoms with E-state index in [0.717, 1.165) is 38.3 Å². The molecule has 2 aliphatic rings. The smallest absolute Gasteiger partial charge is 0.416 e. The molecule has 0 bridgehead atoms. The number of hydroxylamine groups is 2. The number of fused-ring (bicyclic) bond motifs is 2. The second-order valence-corrected chi connectivity index (χ2v) is 7.80. The number of nitrogens with one attached hydrogen (secondary N) is 1. The molecule has 2 heterocycles. The number of nitrogens with zero attached hydrogens (tertiary/aromatic N) is 3. The molecule has 2 aromatic rings. The van der Waals surface area contributed by atoms with E-state index in [4.69, 9.17) is 4.74 Å². The zero-order valence-electron chi connectivity index (χ0n) is 16.9. The van der Waals surface area contributed by atoms with E-state index in [2.05, 4.69) is 10.2 Å². The molecule has 166 valence electrons. The molecule has 0 unspecified atom stereocenters. The van der Waals surface area contributed by atoms with E-state index in [0.29, 0.717) is 27.8 Å². The number of halogens is 3. The highest BCUT2D eigenvalue weighted by Gasteiger charge is 2.32. The Labute approximate surface area is 177 Å². The molecule has 1 amide bonds. The van der Waals surface area contributed by atoms with Gasteiger partial charge < -0.3 is 15.0 Å². The van der Waals surface area contributed by atoms with Crippen LogP contribution in [0.15, 0.2) is 36.4 Å². The van der Waals surface area contributed by atoms with Crippen molar-refractivity contribution in [2.24, 2.45) is 0 Å². The van der Waals surface area contributed by atoms with Crippen LogP contribution in [0.25, 0.3) is 0 Å². The van der Waals surface area contributed by atoms with Gasteiger partial charge in [0.1, 0.15) is 0 Å². The highest BCUT2D eigenvalue weighted by atomic mass is 19.4. The Balaban J connectivity index is 1.42. The molecule has 0 spiro atoms. The standard InChI is InChI=1S/C21H23F3N4O3/c1-26-6-8-27(9-7-26)13-20(29)28(30)12-14-2-4-16-18(10-14)31-19-11-15(21(22,23)24)3-5-17(19)25-16/h2-5,10-11,25,30H,6-9,12-13H2,1H3. The fourth-order valence-electron chi connectivity index (χ4n) is 3.54. The lowest BCUT2D eigenvalue weighted by atomic mass is 10.1. The third kappa shape index (κ3) is 4.92. The highest BCUT2D eigenvalue weighted by molar-refractivity contribution is 5.78. The number of ether oxygens (including phenoxy) is 1. The number of alkyl halides is 3. The Kier molecular flexibility index (Phi) is 5.78. The van der Waals surface area contributed by atoms with Crippen molar-refractivity contribution < 1.29 is 27.9 Å². The van der Waals surface area contributed by atoms with Crippen LogP contribution in [0.5, 0.6) is 11.5 Å². The lowest BCUT2D eigenvalue weighted by molar-refractivity contribution is -0.169. The molecule has 2 N–H and O–H groups in total. The number of rotatable bonds is 4. The SMILES string of the molecule is CN1CCN(CC(=O)N(O)Cc2ccc3c(c2)Oc2cc(C(F)(F)F)ccc2N3)CC1. The predicted octanol–water partition coefficient (Wildman–Crippen LogP) is 3.52. The summed E-state index contributed by atoms with van der Waals surface area (Å²) in [6, 6.07) is 8.26. The molecule has 0 aromatic heterocycles. The first-order valence-corrected chi connectivity index (χ1v) is 9.88. The molecule has 0 atom stereocenters. The molecule has 0 aliphatic carbocycles. The summed E-state index contributed by atoms with van der Waals surface area (Å²) < 4.78 is 44.6. The number of amides is 1. The molecule has 7 nitrogen and oxygen atoms in total. The van der Waals surface area contributed by atoms with Crippen molar-refractivity contribution in [1.82, 2.24) is 14.9 Å². The summed E-state index contributed by atoms with van der Waals surface area (Å²) in [5, 5.41) is 13.9. The van der Waals surface area contributed by atoms with Crippen LogP contribution in [0.1, 0.15) is 11.1 Å². The van der Waals surface area contributed by atoms with Crippen molar-refractivity contribution in [2.45, 2.75) is 12.7 Å². The molecule has 1 fully saturated rings. The van der Waals surface area contributed by atoms with Crippen molar-refractivity contribution in [3.63, 3.8) is 0 Å². The first-order chi connectivity index (χ1) is 14.7. The topological polar surface area (TPSA) is 68.3 Å². The van der Waals surface area contributed by atoms with Crippen molar-refractivity contribution in [3.8, 4) is 11.5 Å². The lowest BCUT2D eigenvalue weighted by Crippen LogP contribution is -2.48. The molecular formula is C21H23F3N4O3. The third-order valence-electron chi connectivity index (χ3n) is 5.42. The second-order valence-electron chi connectivity index (χ2n) is 7.80. The number of carbonyl (C=O) groups excluding carboxylic acids is 1. The van der Waals surface area contributed by atoms with Crippen molar-refractivity contribution in [3.05, 3.63) is 47.5 Å². The molecular weight excluding hydrogens is 413 g/mol. The van der Waals surface area contributed by atoms with Gasteiger partial charge in [-0.15, -0.1) is 0 Å². The second kappa shape index (κ2) is 8.37. The maximum atomic E-state index is 13.0. The fraction of sp³-hybridized carbons (Fsp3) is 0.381. The van der Waals surface area contributed by atoms with Crippen molar-refractivity contribution in [1.29, 1.82) is 0 Å². The number of benzene rings is 2. The Morgan fingerprint density at radius 3 is 2.42 bits per heavy atom. The molecule has 31 heavy (non-hydrogen) atoms. The van der Waals surface area contributed by atoms with Gasteiger partial charge in [-0.3, -0.25) is 14.9 Å². The van der Waals surface area contributed by atoms with Gasteiger partial charge >= 0.3 is 6.18 Å². The normalized spacial score (nSPS) is 16.7. The Bertz CT molecular complexity index is 975. The minimum atomic E-state index is -4.47. The Hall–Kier alpha value is -2.82. The zero-order valence-corrected chi connectivity index (χ0v) is 16.9. The van der Waals surface area contributed by atoms with Crippen LogP contribution < -0.4 is 10.1 Å². The summed E-state index contributed by atoms with van der Waals surface area (Å²) >= 11 is 0. The van der Waals surface area contributed by atoms with E-state index in [1.165, 1.54) is 6.07 Å². The Morgan fingerprint density at radius 2 is 1.74 bits per heavy atom. The zero-order chi connectivity index (χ0) is 22.2. The van der Waals surface area contributed by atoms with Gasteiger partial charge in [-0.05, 0) is 42.9 Å². The maximum absolute atomic E-state index is 13.0. The van der Waals surface area contributed by atoms with Crippen LogP contribution >= 0.6 is 0 Å². The summed E-state index contributed by atoms with van der Waals surface area (Å²) in [5.74, 6) is -0.0304. The highest BCUT2D eigenvalue weighted by Crippen LogP contribution is 2.44. The molecule has 1 saturated heterocycles. The lowest BCUT2D eigenvalue weighted by Gasteiger charge is -2.32. The van der Waals surface area contributed by atoms with Gasteiger partial charge in [0, 0.05) is 26.2 Å². The van der Waals surface area contributed by atoms with Crippen molar-refractivity contribution >= 4 is 17.3 Å². The summed E-state index contributed by atoms with van der Waals surface area (Å²) in [6.07, 6.45) is -4.47. The maximum Gasteiger partial charge on any atom is 0.416 e. The number of carbonyl (C=O) groups is 1. The average molecular weight is 436 g/mol. The van der Waals surface area contributed by atoms with Gasteiger partial charge in [0.25, 0.3) is 5.91 Å². The fourth-order valence-corrected chi connectivity index (χ4v) is 3.54. The van der Waals surface area contributed by atoms with Crippen LogP contribution in [-0.2, 0) is 17.5 Å². The van der Waals surface area contributed by atoms with Crippen LogP contribution in [0.3, 0.4) is 0 Å². The number of likely N-dealkylation sites (N-methyl/N-ethyl adjacent to an activating group) is 1. The largest absolute Gasteiger partial charge is 0.453 e. The number of hydrogen-bond donors (Lipinski definition) is 2. The first kappa shape index (κ1) is 21.4. The molecule has 2 aliphatic heterocycles. The summed E-state index contributed by atoms with van der Waals surface area (Å²) in [4.78, 5) is 16.5. The van der Waals surface area contributed by atoms with Crippen molar-refractivity contribution in [2.75, 3.05) is 45.1 Å². The minimum absolute atomic E-state index is 0.0569. The minimum Gasteiger partial charge on any atom is -0.453 e. The van der Waals surface area contributed by atoms with E-state index < -0.39 is 17.6 Å². The van der Waals surface area contributed by atoms with E-state index in [9.17, 15) is 23.2 Å². The molecule has 4 rings (SSSR count). The van der Waals surface area contributed by atoms with Gasteiger partial charge in [0.05, 0.1) is 30.0 Å². The van der Waals surface area contributed by atoms with E-state index >= 15 is 0 Å². The number of piperazine rings is 1. The van der Waals surface area contributed by atoms with Crippen LogP contribution in [0.4, 0.5) is 24.5 Å². The summed E-state index contributed by atoms with van der Waals surface area (Å²) in [5.41, 5.74) is 0.803. The Morgan fingerprint density at radius 1 is 1.10 bits per heavy atom. The van der Waals surface area contributed by atoms with Crippen LogP contribution in [0.2, 0.25) is 0 Å². The van der Waals surface area contributed by atoms with Gasteiger partial charge in [0.15, 0.2) is 11.5 Å². The molecule has 2 aromatic carbocycles. The van der Waals surface area contributed by atoms with Gasteiger partial charge in [-0.25, -0.2) is 5.06 Å². The third-order valence-corrected chi connectivity index (χ3v) is 5.42. The molecule has 0 saturated carbocycles. The van der Waals surface area contributed by atoms with E-state index in [-0.39, 0.29) is 18.8 Å². The average Bonchev–Trinajstić information content (AvgIpc) is 2.72. The van der Waals surface area contributed by atoms with E-state index in [1.54, 1.807) is 18.2 Å². The molecule has 0 radical (unpaired) electrons. The van der Waals surface area contributed by atoms with Gasteiger partial charge in [0.2, 0.25) is 0 Å². The van der Waals surface area contributed by atoms with E-state index in [1.807, 2.05) is 11.9 Å². The van der Waals surface area contributed by atoms with Gasteiger partial charge in [-0.2, -0.15) is 13.2 Å². The van der Waals surface area contributed by atoms with Gasteiger partial charge in [-0.1, -0.05) is 6.07 Å². The quantitative estimate of drug-likeness (QED) is 0.482. The summed E-state index contributed by atoms with van der Waals surface area (Å²) in [7, 11) is 2.02. The van der Waals surface area contributed by atoms with Crippen LogP contribution in [-0.4, -0.2) is 65.7 Å². The monoisotopic (exact) mass is 436 g/mol. The number of anilines is 2.